The van der Waals surface area contributed by atoms with Gasteiger partial charge in [0.2, 0.25) is 0 Å². The van der Waals surface area contributed by atoms with Gasteiger partial charge in [0.1, 0.15) is 0 Å². The highest BCUT2D eigenvalue weighted by atomic mass is 79.9. The molecular formula is C10H11BrN2O3. The minimum Gasteiger partial charge on any atom is -0.481 e. The van der Waals surface area contributed by atoms with Crippen molar-refractivity contribution < 1.29 is 14.7 Å². The third-order valence-electron chi connectivity index (χ3n) is 1.86. The van der Waals surface area contributed by atoms with Crippen LogP contribution in [0, 0.1) is 0 Å². The van der Waals surface area contributed by atoms with Gasteiger partial charge in [-0.25, -0.2) is 0 Å². The standard InChI is InChI=1S/C10H11BrN2O3/c11-8-2-1-6(12)5-7(8)10(16)13-4-3-9(14)15/h1-2,5H,3-4,12H2,(H,13,16)(H,14,15). The fourth-order valence-corrected chi connectivity index (χ4v) is 1.52. The molecule has 1 amide bonds. The van der Waals surface area contributed by atoms with Gasteiger partial charge in [-0.2, -0.15) is 0 Å². The van der Waals surface area contributed by atoms with Crippen LogP contribution in [0.1, 0.15) is 16.8 Å². The van der Waals surface area contributed by atoms with E-state index in [-0.39, 0.29) is 18.9 Å². The van der Waals surface area contributed by atoms with Crippen LogP contribution in [0.4, 0.5) is 5.69 Å². The molecule has 4 N–H and O–H groups in total. The zero-order valence-corrected chi connectivity index (χ0v) is 9.95. The lowest BCUT2D eigenvalue weighted by atomic mass is 10.2. The lowest BCUT2D eigenvalue weighted by Crippen LogP contribution is -2.26. The molecule has 1 rings (SSSR count). The molecule has 0 aliphatic rings. The lowest BCUT2D eigenvalue weighted by molar-refractivity contribution is -0.136. The average molecular weight is 287 g/mol. The smallest absolute Gasteiger partial charge is 0.305 e. The summed E-state index contributed by atoms with van der Waals surface area (Å²) in [6.45, 7) is 0.0927. The molecule has 0 radical (unpaired) electrons. The van der Waals surface area contributed by atoms with E-state index in [9.17, 15) is 9.59 Å². The largest absolute Gasteiger partial charge is 0.481 e. The van der Waals surface area contributed by atoms with Crippen molar-refractivity contribution in [2.75, 3.05) is 12.3 Å². The summed E-state index contributed by atoms with van der Waals surface area (Å²) in [4.78, 5) is 21.9. The van der Waals surface area contributed by atoms with E-state index in [0.29, 0.717) is 15.7 Å². The van der Waals surface area contributed by atoms with Gasteiger partial charge in [0.25, 0.3) is 5.91 Å². The summed E-state index contributed by atoms with van der Waals surface area (Å²) < 4.78 is 0.620. The first-order valence-corrected chi connectivity index (χ1v) is 5.35. The van der Waals surface area contributed by atoms with Gasteiger partial charge in [-0.3, -0.25) is 9.59 Å². The summed E-state index contributed by atoms with van der Waals surface area (Å²) in [5.41, 5.74) is 6.42. The summed E-state index contributed by atoms with van der Waals surface area (Å²) in [7, 11) is 0. The molecular weight excluding hydrogens is 276 g/mol. The van der Waals surface area contributed by atoms with E-state index in [1.807, 2.05) is 0 Å². The zero-order valence-electron chi connectivity index (χ0n) is 8.37. The minimum absolute atomic E-state index is 0.0927. The van der Waals surface area contributed by atoms with Crippen molar-refractivity contribution >= 4 is 33.5 Å². The third kappa shape index (κ3) is 3.54. The Morgan fingerprint density at radius 3 is 2.75 bits per heavy atom. The van der Waals surface area contributed by atoms with E-state index in [2.05, 4.69) is 21.2 Å². The van der Waals surface area contributed by atoms with E-state index in [1.165, 1.54) is 6.07 Å². The molecule has 5 nitrogen and oxygen atoms in total. The number of anilines is 1. The molecule has 0 atom stereocenters. The maximum atomic E-state index is 11.6. The summed E-state index contributed by atoms with van der Waals surface area (Å²) >= 11 is 3.22. The molecule has 0 aliphatic heterocycles. The number of carbonyl (C=O) groups is 2. The second-order valence-corrected chi connectivity index (χ2v) is 3.99. The Balaban J connectivity index is 2.65. The number of nitrogens with one attached hydrogen (secondary N) is 1. The highest BCUT2D eigenvalue weighted by Crippen LogP contribution is 2.19. The molecule has 0 spiro atoms. The van der Waals surface area contributed by atoms with Crippen LogP contribution in [0.2, 0.25) is 0 Å². The molecule has 0 fully saturated rings. The monoisotopic (exact) mass is 286 g/mol. The van der Waals surface area contributed by atoms with Crippen molar-refractivity contribution in [1.29, 1.82) is 0 Å². The van der Waals surface area contributed by atoms with Crippen LogP contribution in [0.3, 0.4) is 0 Å². The van der Waals surface area contributed by atoms with Gasteiger partial charge in [0.05, 0.1) is 12.0 Å². The number of aliphatic carboxylic acids is 1. The molecule has 1 aromatic carbocycles. The average Bonchev–Trinajstić information content (AvgIpc) is 2.21. The normalized spacial score (nSPS) is 9.81. The van der Waals surface area contributed by atoms with Gasteiger partial charge in [-0.15, -0.1) is 0 Å². The second-order valence-electron chi connectivity index (χ2n) is 3.14. The molecule has 0 aliphatic carbocycles. The van der Waals surface area contributed by atoms with Crippen molar-refractivity contribution in [3.63, 3.8) is 0 Å². The molecule has 86 valence electrons. The Morgan fingerprint density at radius 2 is 2.12 bits per heavy atom. The fraction of sp³-hybridized carbons (Fsp3) is 0.200. The molecule has 0 unspecified atom stereocenters. The predicted octanol–water partition coefficient (Wildman–Crippen LogP) is 1.24. The molecule has 0 bridgehead atoms. The molecule has 16 heavy (non-hydrogen) atoms. The Morgan fingerprint density at radius 1 is 1.44 bits per heavy atom. The number of hydrogen-bond acceptors (Lipinski definition) is 3. The quantitative estimate of drug-likeness (QED) is 0.726. The van der Waals surface area contributed by atoms with E-state index >= 15 is 0 Å². The van der Waals surface area contributed by atoms with Crippen molar-refractivity contribution in [2.24, 2.45) is 0 Å². The maximum absolute atomic E-state index is 11.6. The maximum Gasteiger partial charge on any atom is 0.305 e. The first-order chi connectivity index (χ1) is 7.50. The topological polar surface area (TPSA) is 92.4 Å². The molecule has 0 saturated carbocycles. The molecule has 0 aromatic heterocycles. The first-order valence-electron chi connectivity index (χ1n) is 4.55. The van der Waals surface area contributed by atoms with E-state index in [1.54, 1.807) is 12.1 Å². The fourth-order valence-electron chi connectivity index (χ4n) is 1.10. The SMILES string of the molecule is Nc1ccc(Br)c(C(=O)NCCC(=O)O)c1. The van der Waals surface area contributed by atoms with E-state index in [4.69, 9.17) is 10.8 Å². The lowest BCUT2D eigenvalue weighted by Gasteiger charge is -2.06. The van der Waals surface area contributed by atoms with Crippen molar-refractivity contribution in [1.82, 2.24) is 5.32 Å². The Kier molecular flexibility index (Phi) is 4.30. The van der Waals surface area contributed by atoms with Crippen LogP contribution in [0.15, 0.2) is 22.7 Å². The number of carboxylic acid groups (broad SMARTS) is 1. The number of halogens is 1. The highest BCUT2D eigenvalue weighted by Gasteiger charge is 2.10. The number of nitrogen functional groups attached to an aromatic ring is 1. The van der Waals surface area contributed by atoms with Crippen molar-refractivity contribution in [2.45, 2.75) is 6.42 Å². The van der Waals surface area contributed by atoms with Crippen LogP contribution in [0.25, 0.3) is 0 Å². The van der Waals surface area contributed by atoms with Crippen LogP contribution < -0.4 is 11.1 Å². The number of rotatable bonds is 4. The zero-order chi connectivity index (χ0) is 12.1. The van der Waals surface area contributed by atoms with Crippen molar-refractivity contribution in [3.05, 3.63) is 28.2 Å². The molecule has 6 heteroatoms. The Labute approximate surface area is 101 Å². The van der Waals surface area contributed by atoms with E-state index in [0.717, 1.165) is 0 Å². The number of hydrogen-bond donors (Lipinski definition) is 3. The Hall–Kier alpha value is -1.56. The summed E-state index contributed by atoms with van der Waals surface area (Å²) in [5, 5.41) is 10.9. The first kappa shape index (κ1) is 12.5. The van der Waals surface area contributed by atoms with Gasteiger partial charge in [-0.1, -0.05) is 0 Å². The van der Waals surface area contributed by atoms with Crippen LogP contribution in [0.5, 0.6) is 0 Å². The molecule has 1 aromatic rings. The molecule has 0 heterocycles. The summed E-state index contributed by atoms with van der Waals surface area (Å²) in [6.07, 6.45) is -0.105. The highest BCUT2D eigenvalue weighted by molar-refractivity contribution is 9.10. The number of carbonyl (C=O) groups excluding carboxylic acids is 1. The van der Waals surface area contributed by atoms with E-state index < -0.39 is 5.97 Å². The number of benzene rings is 1. The minimum atomic E-state index is -0.952. The molecule has 0 saturated heterocycles. The summed E-state index contributed by atoms with van der Waals surface area (Å²) in [6, 6.07) is 4.86. The third-order valence-corrected chi connectivity index (χ3v) is 2.55. The van der Waals surface area contributed by atoms with Gasteiger partial charge >= 0.3 is 5.97 Å². The number of carboxylic acids is 1. The van der Waals surface area contributed by atoms with Gasteiger partial charge < -0.3 is 16.2 Å². The predicted molar refractivity (Wildman–Crippen MR) is 63.1 cm³/mol. The van der Waals surface area contributed by atoms with Crippen LogP contribution in [-0.4, -0.2) is 23.5 Å². The van der Waals surface area contributed by atoms with Crippen molar-refractivity contribution in [3.8, 4) is 0 Å². The second kappa shape index (κ2) is 5.50. The Bertz CT molecular complexity index is 421. The van der Waals surface area contributed by atoms with Gasteiger partial charge in [0.15, 0.2) is 0 Å². The number of nitrogens with two attached hydrogens (primary N) is 1. The summed E-state index contributed by atoms with van der Waals surface area (Å²) in [5.74, 6) is -1.30. The van der Waals surface area contributed by atoms with Crippen LogP contribution >= 0.6 is 15.9 Å². The number of amides is 1. The van der Waals surface area contributed by atoms with Crippen LogP contribution in [-0.2, 0) is 4.79 Å². The van der Waals surface area contributed by atoms with Gasteiger partial charge in [-0.05, 0) is 34.1 Å². The van der Waals surface area contributed by atoms with Gasteiger partial charge in [0, 0.05) is 16.7 Å².